The molecule has 0 saturated carbocycles. The molecule has 1 unspecified atom stereocenters. The van der Waals surface area contributed by atoms with Crippen LogP contribution in [0.15, 0.2) is 23.1 Å². The van der Waals surface area contributed by atoms with Gasteiger partial charge in [-0.2, -0.15) is 0 Å². The fourth-order valence-corrected chi connectivity index (χ4v) is 2.27. The predicted octanol–water partition coefficient (Wildman–Crippen LogP) is 1.92. The highest BCUT2D eigenvalue weighted by Gasteiger charge is 2.19. The number of H-pyrrole nitrogens is 1. The van der Waals surface area contributed by atoms with Crippen LogP contribution < -0.4 is 5.56 Å². The van der Waals surface area contributed by atoms with Crippen molar-refractivity contribution in [2.45, 2.75) is 32.2 Å². The number of pyridine rings is 1. The minimum absolute atomic E-state index is 0.0515. The van der Waals surface area contributed by atoms with E-state index in [-0.39, 0.29) is 11.6 Å². The van der Waals surface area contributed by atoms with Gasteiger partial charge in [0.05, 0.1) is 0 Å². The van der Waals surface area contributed by atoms with Crippen LogP contribution in [0.5, 0.6) is 0 Å². The summed E-state index contributed by atoms with van der Waals surface area (Å²) in [5.41, 5.74) is 0.940. The van der Waals surface area contributed by atoms with E-state index >= 15 is 0 Å². The molecule has 1 N–H and O–H groups in total. The average Bonchev–Trinajstić information content (AvgIpc) is 2.30. The summed E-state index contributed by atoms with van der Waals surface area (Å²) in [7, 11) is 0. The van der Waals surface area contributed by atoms with Crippen molar-refractivity contribution in [1.82, 2.24) is 9.88 Å². The van der Waals surface area contributed by atoms with Gasteiger partial charge in [-0.15, -0.1) is 0 Å². The van der Waals surface area contributed by atoms with Crippen LogP contribution in [0.25, 0.3) is 0 Å². The zero-order valence-corrected chi connectivity index (χ0v) is 9.20. The van der Waals surface area contributed by atoms with Gasteiger partial charge in [0, 0.05) is 17.8 Å². The zero-order chi connectivity index (χ0) is 10.7. The van der Waals surface area contributed by atoms with Gasteiger partial charge in [-0.05, 0) is 38.9 Å². The third-order valence-corrected chi connectivity index (χ3v) is 3.24. The first kappa shape index (κ1) is 10.4. The number of aromatic nitrogens is 1. The summed E-state index contributed by atoms with van der Waals surface area (Å²) >= 11 is 0. The van der Waals surface area contributed by atoms with Gasteiger partial charge in [0.2, 0.25) is 0 Å². The Morgan fingerprint density at radius 2 is 2.07 bits per heavy atom. The molecular formula is C12H18N2O. The molecule has 0 bridgehead atoms. The highest BCUT2D eigenvalue weighted by atomic mass is 16.1. The number of aromatic amines is 1. The summed E-state index contributed by atoms with van der Waals surface area (Å²) in [6.07, 6.45) is 5.54. The van der Waals surface area contributed by atoms with Gasteiger partial charge in [0.25, 0.3) is 5.56 Å². The summed E-state index contributed by atoms with van der Waals surface area (Å²) in [5.74, 6) is 0. The SMILES string of the molecule is CC(c1ccc[nH]c1=O)N1CCCCC1. The highest BCUT2D eigenvalue weighted by Crippen LogP contribution is 2.21. The quantitative estimate of drug-likeness (QED) is 0.802. The molecule has 2 heterocycles. The Bertz CT molecular complexity index is 366. The van der Waals surface area contributed by atoms with Crippen LogP contribution in [0.3, 0.4) is 0 Å². The number of likely N-dealkylation sites (tertiary alicyclic amines) is 1. The van der Waals surface area contributed by atoms with Crippen molar-refractivity contribution in [2.24, 2.45) is 0 Å². The number of nitrogens with one attached hydrogen (secondary N) is 1. The van der Waals surface area contributed by atoms with E-state index in [0.29, 0.717) is 0 Å². The monoisotopic (exact) mass is 206 g/mol. The van der Waals surface area contributed by atoms with E-state index < -0.39 is 0 Å². The standard InChI is InChI=1S/C12H18N2O/c1-10(14-8-3-2-4-9-14)11-6-5-7-13-12(11)15/h5-7,10H,2-4,8-9H2,1H3,(H,13,15). The first-order valence-electron chi connectivity index (χ1n) is 5.70. The number of rotatable bonds is 2. The molecule has 0 aliphatic carbocycles. The molecule has 0 aromatic carbocycles. The fourth-order valence-electron chi connectivity index (χ4n) is 2.27. The van der Waals surface area contributed by atoms with Gasteiger partial charge in [0.1, 0.15) is 0 Å². The molecule has 0 spiro atoms. The number of piperidine rings is 1. The molecule has 1 fully saturated rings. The molecular weight excluding hydrogens is 188 g/mol. The zero-order valence-electron chi connectivity index (χ0n) is 9.20. The van der Waals surface area contributed by atoms with Gasteiger partial charge < -0.3 is 4.98 Å². The molecule has 1 aliphatic heterocycles. The Morgan fingerprint density at radius 3 is 2.73 bits per heavy atom. The molecule has 1 saturated heterocycles. The summed E-state index contributed by atoms with van der Waals surface area (Å²) in [6, 6.07) is 4.07. The van der Waals surface area contributed by atoms with Crippen LogP contribution in [-0.2, 0) is 0 Å². The van der Waals surface area contributed by atoms with E-state index in [4.69, 9.17) is 0 Å². The van der Waals surface area contributed by atoms with E-state index in [9.17, 15) is 4.79 Å². The van der Waals surface area contributed by atoms with Crippen molar-refractivity contribution in [3.8, 4) is 0 Å². The third-order valence-electron chi connectivity index (χ3n) is 3.24. The van der Waals surface area contributed by atoms with Gasteiger partial charge >= 0.3 is 0 Å². The maximum absolute atomic E-state index is 11.6. The van der Waals surface area contributed by atoms with Crippen molar-refractivity contribution in [2.75, 3.05) is 13.1 Å². The van der Waals surface area contributed by atoms with E-state index in [1.54, 1.807) is 6.20 Å². The molecule has 1 aromatic rings. The summed E-state index contributed by atoms with van der Waals surface area (Å²) < 4.78 is 0. The predicted molar refractivity (Wildman–Crippen MR) is 60.9 cm³/mol. The van der Waals surface area contributed by atoms with Crippen molar-refractivity contribution in [3.63, 3.8) is 0 Å². The highest BCUT2D eigenvalue weighted by molar-refractivity contribution is 5.13. The molecule has 0 radical (unpaired) electrons. The minimum atomic E-state index is 0.0515. The molecule has 2 rings (SSSR count). The van der Waals surface area contributed by atoms with Crippen LogP contribution in [0.4, 0.5) is 0 Å². The molecule has 82 valence electrons. The second-order valence-corrected chi connectivity index (χ2v) is 4.23. The Hall–Kier alpha value is -1.09. The largest absolute Gasteiger partial charge is 0.329 e. The van der Waals surface area contributed by atoms with Crippen LogP contribution in [-0.4, -0.2) is 23.0 Å². The lowest BCUT2D eigenvalue weighted by atomic mass is 10.0. The molecule has 1 atom stereocenters. The maximum atomic E-state index is 11.6. The van der Waals surface area contributed by atoms with Crippen LogP contribution in [0.1, 0.15) is 37.8 Å². The first-order chi connectivity index (χ1) is 7.29. The van der Waals surface area contributed by atoms with Crippen molar-refractivity contribution in [1.29, 1.82) is 0 Å². The van der Waals surface area contributed by atoms with Crippen molar-refractivity contribution >= 4 is 0 Å². The van der Waals surface area contributed by atoms with Gasteiger partial charge in [-0.3, -0.25) is 9.69 Å². The second-order valence-electron chi connectivity index (χ2n) is 4.23. The van der Waals surface area contributed by atoms with Crippen molar-refractivity contribution < 1.29 is 0 Å². The average molecular weight is 206 g/mol. The van der Waals surface area contributed by atoms with E-state index in [1.807, 2.05) is 12.1 Å². The second kappa shape index (κ2) is 4.62. The summed E-state index contributed by atoms with van der Waals surface area (Å²) in [5, 5.41) is 0. The number of nitrogens with zero attached hydrogens (tertiary/aromatic N) is 1. The van der Waals surface area contributed by atoms with Crippen LogP contribution in [0.2, 0.25) is 0 Å². The van der Waals surface area contributed by atoms with Gasteiger partial charge in [-0.25, -0.2) is 0 Å². The normalized spacial score (nSPS) is 20.1. The topological polar surface area (TPSA) is 36.1 Å². The summed E-state index contributed by atoms with van der Waals surface area (Å²) in [4.78, 5) is 16.8. The van der Waals surface area contributed by atoms with E-state index in [1.165, 1.54) is 19.3 Å². The maximum Gasteiger partial charge on any atom is 0.252 e. The van der Waals surface area contributed by atoms with Crippen molar-refractivity contribution in [3.05, 3.63) is 34.2 Å². The Kier molecular flexibility index (Phi) is 3.21. The molecule has 0 amide bonds. The van der Waals surface area contributed by atoms with E-state index in [0.717, 1.165) is 18.7 Å². The summed E-state index contributed by atoms with van der Waals surface area (Å²) in [6.45, 7) is 4.36. The fraction of sp³-hybridized carbons (Fsp3) is 0.583. The van der Waals surface area contributed by atoms with Gasteiger partial charge in [-0.1, -0.05) is 12.5 Å². The minimum Gasteiger partial charge on any atom is -0.329 e. The van der Waals surface area contributed by atoms with Crippen LogP contribution >= 0.6 is 0 Å². The Balaban J connectivity index is 2.16. The number of hydrogen-bond donors (Lipinski definition) is 1. The molecule has 1 aromatic heterocycles. The molecule has 1 aliphatic rings. The lowest BCUT2D eigenvalue weighted by Crippen LogP contribution is -2.34. The molecule has 3 nitrogen and oxygen atoms in total. The third kappa shape index (κ3) is 2.29. The Morgan fingerprint density at radius 1 is 1.33 bits per heavy atom. The molecule has 15 heavy (non-hydrogen) atoms. The number of hydrogen-bond acceptors (Lipinski definition) is 2. The van der Waals surface area contributed by atoms with Crippen LogP contribution in [0, 0.1) is 0 Å². The molecule has 3 heteroatoms. The first-order valence-corrected chi connectivity index (χ1v) is 5.70. The lowest BCUT2D eigenvalue weighted by molar-refractivity contribution is 0.174. The lowest BCUT2D eigenvalue weighted by Gasteiger charge is -2.32. The van der Waals surface area contributed by atoms with E-state index in [2.05, 4.69) is 16.8 Å². The smallest absolute Gasteiger partial charge is 0.252 e. The Labute approximate surface area is 90.1 Å². The van der Waals surface area contributed by atoms with Gasteiger partial charge in [0.15, 0.2) is 0 Å².